The van der Waals surface area contributed by atoms with Crippen LogP contribution in [0.5, 0.6) is 0 Å². The Bertz CT molecular complexity index is 535. The number of nitrogen functional groups attached to an aromatic ring is 1. The fourth-order valence-electron chi connectivity index (χ4n) is 1.91. The Morgan fingerprint density at radius 3 is 2.59 bits per heavy atom. The molecule has 1 aliphatic heterocycles. The van der Waals surface area contributed by atoms with Gasteiger partial charge in [-0.1, -0.05) is 0 Å². The summed E-state index contributed by atoms with van der Waals surface area (Å²) >= 11 is 0. The van der Waals surface area contributed by atoms with E-state index in [2.05, 4.69) is 5.10 Å². The molecule has 0 bridgehead atoms. The van der Waals surface area contributed by atoms with Gasteiger partial charge in [-0.25, -0.2) is 8.42 Å². The molecule has 1 atom stereocenters. The van der Waals surface area contributed by atoms with Crippen LogP contribution in [0.3, 0.4) is 0 Å². The quantitative estimate of drug-likeness (QED) is 0.819. The summed E-state index contributed by atoms with van der Waals surface area (Å²) in [5.41, 5.74) is 3.66. The van der Waals surface area contributed by atoms with Crippen LogP contribution >= 0.6 is 0 Å². The smallest absolute Gasteiger partial charge is 0.396 e. The van der Waals surface area contributed by atoms with E-state index in [4.69, 9.17) is 5.73 Å². The van der Waals surface area contributed by atoms with Gasteiger partial charge in [0.05, 0.1) is 29.4 Å². The molecule has 0 spiro atoms. The lowest BCUT2D eigenvalue weighted by Gasteiger charge is -2.15. The number of nitrogens with two attached hydrogens (primary N) is 1. The molecular weight excluding hydrogens is 259 g/mol. The monoisotopic (exact) mass is 269 g/mol. The molecule has 17 heavy (non-hydrogen) atoms. The third kappa shape index (κ3) is 2.24. The van der Waals surface area contributed by atoms with Crippen molar-refractivity contribution in [2.24, 2.45) is 0 Å². The van der Waals surface area contributed by atoms with Crippen LogP contribution in [0.2, 0.25) is 0 Å². The van der Waals surface area contributed by atoms with Crippen molar-refractivity contribution in [3.8, 4) is 0 Å². The van der Waals surface area contributed by atoms with Gasteiger partial charge in [0.25, 0.3) is 0 Å². The van der Waals surface area contributed by atoms with Crippen molar-refractivity contribution in [2.75, 3.05) is 17.2 Å². The van der Waals surface area contributed by atoms with Crippen LogP contribution in [-0.4, -0.2) is 29.7 Å². The number of hydrogen-bond acceptors (Lipinski definition) is 4. The molecule has 1 fully saturated rings. The number of alkyl halides is 3. The standard InChI is InChI=1S/C8H10F3N3O2S/c9-8(10,11)7-6(12)3-13-14(7)5-1-2-17(15,16)4-5/h3,5H,1-2,4,12H2. The average Bonchev–Trinajstić information content (AvgIpc) is 2.67. The predicted molar refractivity (Wildman–Crippen MR) is 53.9 cm³/mol. The van der Waals surface area contributed by atoms with Gasteiger partial charge in [0.15, 0.2) is 15.5 Å². The van der Waals surface area contributed by atoms with E-state index in [1.54, 1.807) is 0 Å². The lowest BCUT2D eigenvalue weighted by Crippen LogP contribution is -2.21. The van der Waals surface area contributed by atoms with E-state index in [-0.39, 0.29) is 17.9 Å². The van der Waals surface area contributed by atoms with Crippen molar-refractivity contribution < 1.29 is 21.6 Å². The van der Waals surface area contributed by atoms with Crippen molar-refractivity contribution in [1.82, 2.24) is 9.78 Å². The molecule has 1 aliphatic rings. The van der Waals surface area contributed by atoms with E-state index in [1.165, 1.54) is 0 Å². The molecule has 0 aliphatic carbocycles. The number of hydrogen-bond donors (Lipinski definition) is 1. The van der Waals surface area contributed by atoms with Crippen molar-refractivity contribution in [2.45, 2.75) is 18.6 Å². The van der Waals surface area contributed by atoms with Crippen LogP contribution in [0.25, 0.3) is 0 Å². The minimum Gasteiger partial charge on any atom is -0.396 e. The Hall–Kier alpha value is -1.25. The summed E-state index contributed by atoms with van der Waals surface area (Å²) in [6.45, 7) is 0. The number of aromatic nitrogens is 2. The van der Waals surface area contributed by atoms with Gasteiger partial charge in [0, 0.05) is 0 Å². The van der Waals surface area contributed by atoms with Gasteiger partial charge in [-0.2, -0.15) is 18.3 Å². The zero-order valence-electron chi connectivity index (χ0n) is 8.61. The zero-order valence-corrected chi connectivity index (χ0v) is 9.42. The third-order valence-corrected chi connectivity index (χ3v) is 4.40. The Morgan fingerprint density at radius 2 is 2.12 bits per heavy atom. The number of rotatable bonds is 1. The first-order valence-electron chi connectivity index (χ1n) is 4.81. The van der Waals surface area contributed by atoms with E-state index in [1.807, 2.05) is 0 Å². The van der Waals surface area contributed by atoms with Gasteiger partial charge in [-0.3, -0.25) is 4.68 Å². The first-order chi connectivity index (χ1) is 7.71. The normalized spacial score (nSPS) is 24.1. The molecule has 0 amide bonds. The van der Waals surface area contributed by atoms with E-state index in [0.717, 1.165) is 6.20 Å². The Morgan fingerprint density at radius 1 is 1.47 bits per heavy atom. The van der Waals surface area contributed by atoms with E-state index in [9.17, 15) is 21.6 Å². The number of anilines is 1. The molecule has 2 rings (SSSR count). The summed E-state index contributed by atoms with van der Waals surface area (Å²) in [5, 5.41) is 3.54. The topological polar surface area (TPSA) is 78.0 Å². The maximum absolute atomic E-state index is 12.7. The van der Waals surface area contributed by atoms with Crippen LogP contribution in [0.4, 0.5) is 18.9 Å². The van der Waals surface area contributed by atoms with Gasteiger partial charge in [0.2, 0.25) is 0 Å². The number of nitrogens with zero attached hydrogens (tertiary/aromatic N) is 2. The van der Waals surface area contributed by atoms with Crippen molar-refractivity contribution in [3.63, 3.8) is 0 Å². The van der Waals surface area contributed by atoms with Crippen LogP contribution < -0.4 is 5.73 Å². The molecule has 2 N–H and O–H groups in total. The maximum atomic E-state index is 12.7. The van der Waals surface area contributed by atoms with E-state index >= 15 is 0 Å². The molecule has 1 saturated heterocycles. The number of sulfone groups is 1. The first-order valence-corrected chi connectivity index (χ1v) is 6.63. The minimum absolute atomic E-state index is 0.116. The summed E-state index contributed by atoms with van der Waals surface area (Å²) in [7, 11) is -3.27. The summed E-state index contributed by atoms with van der Waals surface area (Å²) in [6, 6.07) is -0.783. The highest BCUT2D eigenvalue weighted by Crippen LogP contribution is 2.36. The summed E-state index contributed by atoms with van der Waals surface area (Å²) in [4.78, 5) is 0. The summed E-state index contributed by atoms with van der Waals surface area (Å²) in [5.74, 6) is -0.439. The second-order valence-corrected chi connectivity index (χ2v) is 6.18. The van der Waals surface area contributed by atoms with Gasteiger partial charge in [-0.15, -0.1) is 0 Å². The Balaban J connectivity index is 2.41. The Kier molecular flexibility index (Phi) is 2.60. The number of halogens is 3. The molecule has 1 unspecified atom stereocenters. The Labute approximate surface area is 95.3 Å². The molecule has 9 heteroatoms. The van der Waals surface area contributed by atoms with Crippen molar-refractivity contribution in [1.29, 1.82) is 0 Å². The minimum atomic E-state index is -4.63. The third-order valence-electron chi connectivity index (χ3n) is 2.65. The molecule has 5 nitrogen and oxygen atoms in total. The molecule has 96 valence electrons. The van der Waals surface area contributed by atoms with Gasteiger partial charge < -0.3 is 5.73 Å². The fraction of sp³-hybridized carbons (Fsp3) is 0.625. The maximum Gasteiger partial charge on any atom is 0.435 e. The van der Waals surface area contributed by atoms with Gasteiger partial charge in [-0.05, 0) is 6.42 Å². The molecule has 0 aromatic carbocycles. The molecule has 0 saturated carbocycles. The molecule has 1 aromatic heterocycles. The summed E-state index contributed by atoms with van der Waals surface area (Å²) in [6.07, 6.45) is -3.60. The van der Waals surface area contributed by atoms with Crippen molar-refractivity contribution in [3.05, 3.63) is 11.9 Å². The highest BCUT2D eigenvalue weighted by molar-refractivity contribution is 7.91. The molecular formula is C8H10F3N3O2S. The van der Waals surface area contributed by atoms with Gasteiger partial charge in [0.1, 0.15) is 0 Å². The van der Waals surface area contributed by atoms with Crippen LogP contribution in [-0.2, 0) is 16.0 Å². The van der Waals surface area contributed by atoms with Gasteiger partial charge >= 0.3 is 6.18 Å². The average molecular weight is 269 g/mol. The second-order valence-electron chi connectivity index (χ2n) is 3.95. The second kappa shape index (κ2) is 3.62. The van der Waals surface area contributed by atoms with Crippen LogP contribution in [0.1, 0.15) is 18.2 Å². The highest BCUT2D eigenvalue weighted by atomic mass is 32.2. The van der Waals surface area contributed by atoms with Crippen LogP contribution in [0, 0.1) is 0 Å². The largest absolute Gasteiger partial charge is 0.435 e. The van der Waals surface area contributed by atoms with Crippen molar-refractivity contribution >= 4 is 15.5 Å². The highest BCUT2D eigenvalue weighted by Gasteiger charge is 2.41. The molecule has 2 heterocycles. The first kappa shape index (κ1) is 12.2. The van der Waals surface area contributed by atoms with Crippen LogP contribution in [0.15, 0.2) is 6.20 Å². The SMILES string of the molecule is Nc1cnn(C2CCS(=O)(=O)C2)c1C(F)(F)F. The lowest BCUT2D eigenvalue weighted by molar-refractivity contribution is -0.144. The van der Waals surface area contributed by atoms with E-state index in [0.29, 0.717) is 4.68 Å². The molecule has 1 aromatic rings. The fourth-order valence-corrected chi connectivity index (χ4v) is 3.61. The summed E-state index contributed by atoms with van der Waals surface area (Å²) < 4.78 is 61.2. The molecule has 0 radical (unpaired) electrons. The van der Waals surface area contributed by atoms with E-state index < -0.39 is 33.4 Å². The predicted octanol–water partition coefficient (Wildman–Crippen LogP) is 0.844. The zero-order chi connectivity index (χ0) is 12.8. The lowest BCUT2D eigenvalue weighted by atomic mass is 10.2.